The first-order chi connectivity index (χ1) is 31.7. The molecule has 0 aliphatic heterocycles. The summed E-state index contributed by atoms with van der Waals surface area (Å²) < 4.78 is 6.28. The lowest BCUT2D eigenvalue weighted by Gasteiger charge is -2.28. The van der Waals surface area contributed by atoms with Gasteiger partial charge < -0.3 is 9.32 Å². The SMILES string of the molecule is c1ccc(-c2ccccc2-c2ccccc2-c2ccccc2-c2ccc(N(c3ccc(-c4ccc5c(c4)oc4ccccc45)cc3)c3cc4ccccc4c4ccccc34)cc2)cc1. The highest BCUT2D eigenvalue weighted by Crippen LogP contribution is 2.45. The number of benzene rings is 11. The second kappa shape index (κ2) is 15.8. The van der Waals surface area contributed by atoms with E-state index in [1.165, 1.54) is 60.5 Å². The molecule has 0 unspecified atom stereocenters. The van der Waals surface area contributed by atoms with E-state index in [4.69, 9.17) is 4.42 Å². The smallest absolute Gasteiger partial charge is 0.136 e. The molecule has 300 valence electrons. The van der Waals surface area contributed by atoms with Crippen molar-refractivity contribution in [2.45, 2.75) is 0 Å². The molecular weight excluding hydrogens is 775 g/mol. The summed E-state index contributed by atoms with van der Waals surface area (Å²) in [7, 11) is 0. The van der Waals surface area contributed by atoms with E-state index in [0.29, 0.717) is 0 Å². The molecule has 0 saturated heterocycles. The summed E-state index contributed by atoms with van der Waals surface area (Å²) >= 11 is 0. The predicted molar refractivity (Wildman–Crippen MR) is 271 cm³/mol. The fourth-order valence-electron chi connectivity index (χ4n) is 9.66. The summed E-state index contributed by atoms with van der Waals surface area (Å²) in [6, 6.07) is 89.7. The number of nitrogens with zero attached hydrogens (tertiary/aromatic N) is 1. The standard InChI is InChI=1S/C62H41NO/c1-2-16-43(17-3-1)49-19-6-8-22-52(49)55-25-10-11-26-56(55)53-23-9-7-20-50(53)44-32-37-48(38-33-44)63(60-40-46-18-4-5-21-51(46)54-24-12-13-27-57(54)60)47-35-30-42(31-36-47)45-34-39-59-58-28-14-15-29-61(58)64-62(59)41-45/h1-41H. The number of rotatable bonds is 8. The first kappa shape index (κ1) is 37.3. The lowest BCUT2D eigenvalue weighted by Crippen LogP contribution is -2.10. The van der Waals surface area contributed by atoms with Crippen molar-refractivity contribution in [3.63, 3.8) is 0 Å². The highest BCUT2D eigenvalue weighted by atomic mass is 16.3. The van der Waals surface area contributed by atoms with Crippen LogP contribution in [0, 0.1) is 0 Å². The molecule has 2 heteroatoms. The maximum Gasteiger partial charge on any atom is 0.136 e. The lowest BCUT2D eigenvalue weighted by molar-refractivity contribution is 0.669. The monoisotopic (exact) mass is 815 g/mol. The molecule has 0 saturated carbocycles. The van der Waals surface area contributed by atoms with Gasteiger partial charge in [-0.05, 0) is 120 Å². The number of anilines is 3. The quantitative estimate of drug-likeness (QED) is 0.142. The lowest BCUT2D eigenvalue weighted by atomic mass is 9.87. The molecule has 0 aliphatic carbocycles. The Balaban J connectivity index is 0.967. The predicted octanol–water partition coefficient (Wildman–Crippen LogP) is 17.7. The van der Waals surface area contributed by atoms with Gasteiger partial charge in [0.15, 0.2) is 0 Å². The fraction of sp³-hybridized carbons (Fsp3) is 0. The third-order valence-electron chi connectivity index (χ3n) is 12.7. The highest BCUT2D eigenvalue weighted by molar-refractivity contribution is 6.14. The van der Waals surface area contributed by atoms with Gasteiger partial charge in [0.25, 0.3) is 0 Å². The maximum atomic E-state index is 6.28. The molecule has 0 amide bonds. The molecule has 1 heterocycles. The van der Waals surface area contributed by atoms with E-state index in [9.17, 15) is 0 Å². The Morgan fingerprint density at radius 3 is 1.33 bits per heavy atom. The summed E-state index contributed by atoms with van der Waals surface area (Å²) in [6.45, 7) is 0. The molecule has 1 aromatic heterocycles. The summed E-state index contributed by atoms with van der Waals surface area (Å²) in [4.78, 5) is 2.41. The summed E-state index contributed by atoms with van der Waals surface area (Å²) in [6.07, 6.45) is 0. The number of hydrogen-bond donors (Lipinski definition) is 0. The Labute approximate surface area is 372 Å². The molecule has 11 aromatic carbocycles. The van der Waals surface area contributed by atoms with Gasteiger partial charge in [0.1, 0.15) is 11.2 Å². The first-order valence-electron chi connectivity index (χ1n) is 21.9. The fourth-order valence-corrected chi connectivity index (χ4v) is 9.66. The molecule has 0 spiro atoms. The van der Waals surface area contributed by atoms with Gasteiger partial charge in [0, 0.05) is 27.5 Å². The van der Waals surface area contributed by atoms with Crippen LogP contribution in [0.2, 0.25) is 0 Å². The minimum Gasteiger partial charge on any atom is -0.456 e. The van der Waals surface area contributed by atoms with Crippen molar-refractivity contribution in [3.05, 3.63) is 249 Å². The third-order valence-corrected chi connectivity index (χ3v) is 12.7. The van der Waals surface area contributed by atoms with E-state index in [1.807, 2.05) is 12.1 Å². The van der Waals surface area contributed by atoms with Gasteiger partial charge >= 0.3 is 0 Å². The molecule has 12 rings (SSSR count). The normalized spacial score (nSPS) is 11.4. The number of hydrogen-bond acceptors (Lipinski definition) is 2. The van der Waals surface area contributed by atoms with E-state index in [-0.39, 0.29) is 0 Å². The van der Waals surface area contributed by atoms with Crippen LogP contribution in [0.15, 0.2) is 253 Å². The number of para-hydroxylation sites is 1. The summed E-state index contributed by atoms with van der Waals surface area (Å²) in [5, 5.41) is 7.15. The Hall–Kier alpha value is -8.46. The van der Waals surface area contributed by atoms with Crippen LogP contribution in [0.4, 0.5) is 17.1 Å². The molecule has 0 aliphatic rings. The van der Waals surface area contributed by atoms with Gasteiger partial charge in [-0.1, -0.05) is 200 Å². The Morgan fingerprint density at radius 1 is 0.250 bits per heavy atom. The molecule has 2 nitrogen and oxygen atoms in total. The number of fused-ring (bicyclic) bond motifs is 6. The minimum absolute atomic E-state index is 0.897. The summed E-state index contributed by atoms with van der Waals surface area (Å²) in [5.74, 6) is 0. The van der Waals surface area contributed by atoms with E-state index < -0.39 is 0 Å². The van der Waals surface area contributed by atoms with Crippen LogP contribution in [0.5, 0.6) is 0 Å². The Kier molecular flexibility index (Phi) is 9.20. The molecule has 0 atom stereocenters. The molecule has 0 bridgehead atoms. The van der Waals surface area contributed by atoms with Gasteiger partial charge in [-0.25, -0.2) is 0 Å². The zero-order valence-corrected chi connectivity index (χ0v) is 35.0. The van der Waals surface area contributed by atoms with Crippen LogP contribution < -0.4 is 4.90 Å². The second-order valence-electron chi connectivity index (χ2n) is 16.4. The third kappa shape index (κ3) is 6.52. The van der Waals surface area contributed by atoms with Crippen molar-refractivity contribution in [3.8, 4) is 55.6 Å². The first-order valence-corrected chi connectivity index (χ1v) is 21.9. The van der Waals surface area contributed by atoms with Gasteiger partial charge in [0.05, 0.1) is 5.69 Å². The Bertz CT molecular complexity index is 3660. The zero-order valence-electron chi connectivity index (χ0n) is 35.0. The Morgan fingerprint density at radius 2 is 0.688 bits per heavy atom. The van der Waals surface area contributed by atoms with Gasteiger partial charge in [-0.2, -0.15) is 0 Å². The molecule has 0 radical (unpaired) electrons. The van der Waals surface area contributed by atoms with E-state index in [0.717, 1.165) is 55.7 Å². The number of furan rings is 1. The van der Waals surface area contributed by atoms with Crippen LogP contribution in [-0.2, 0) is 0 Å². The molecule has 64 heavy (non-hydrogen) atoms. The van der Waals surface area contributed by atoms with Crippen LogP contribution in [-0.4, -0.2) is 0 Å². The van der Waals surface area contributed by atoms with Crippen molar-refractivity contribution in [1.29, 1.82) is 0 Å². The van der Waals surface area contributed by atoms with Crippen LogP contribution >= 0.6 is 0 Å². The maximum absolute atomic E-state index is 6.28. The largest absolute Gasteiger partial charge is 0.456 e. The van der Waals surface area contributed by atoms with Gasteiger partial charge in [-0.15, -0.1) is 0 Å². The topological polar surface area (TPSA) is 16.4 Å². The van der Waals surface area contributed by atoms with Crippen molar-refractivity contribution in [2.75, 3.05) is 4.90 Å². The second-order valence-corrected chi connectivity index (χ2v) is 16.4. The van der Waals surface area contributed by atoms with Crippen molar-refractivity contribution in [2.24, 2.45) is 0 Å². The summed E-state index contributed by atoms with van der Waals surface area (Å²) in [5.41, 5.74) is 16.9. The van der Waals surface area contributed by atoms with E-state index >= 15 is 0 Å². The molecular formula is C62H41NO. The minimum atomic E-state index is 0.897. The van der Waals surface area contributed by atoms with E-state index in [2.05, 4.69) is 241 Å². The van der Waals surface area contributed by atoms with Crippen LogP contribution in [0.1, 0.15) is 0 Å². The highest BCUT2D eigenvalue weighted by Gasteiger charge is 2.20. The van der Waals surface area contributed by atoms with Gasteiger partial charge in [0.2, 0.25) is 0 Å². The van der Waals surface area contributed by atoms with Crippen molar-refractivity contribution >= 4 is 60.5 Å². The van der Waals surface area contributed by atoms with Crippen LogP contribution in [0.3, 0.4) is 0 Å². The zero-order chi connectivity index (χ0) is 42.4. The average Bonchev–Trinajstić information content (AvgIpc) is 3.75. The van der Waals surface area contributed by atoms with E-state index in [1.54, 1.807) is 0 Å². The molecule has 0 N–H and O–H groups in total. The van der Waals surface area contributed by atoms with Crippen molar-refractivity contribution in [1.82, 2.24) is 0 Å². The van der Waals surface area contributed by atoms with Crippen LogP contribution in [0.25, 0.3) is 99.1 Å². The average molecular weight is 816 g/mol. The molecule has 12 aromatic rings. The van der Waals surface area contributed by atoms with Crippen molar-refractivity contribution < 1.29 is 4.42 Å². The van der Waals surface area contributed by atoms with Gasteiger partial charge in [-0.3, -0.25) is 0 Å². The molecule has 0 fully saturated rings.